The first-order chi connectivity index (χ1) is 18.3. The number of piperazine rings is 1. The number of aromatic nitrogens is 4. The fourth-order valence-electron chi connectivity index (χ4n) is 4.98. The highest BCUT2D eigenvalue weighted by atomic mass is 15.3. The molecule has 2 aromatic carbocycles. The molecule has 0 aliphatic carbocycles. The molecule has 6 nitrogen and oxygen atoms in total. The number of nitrogens with zero attached hydrogens (tertiary/aromatic N) is 6. The van der Waals surface area contributed by atoms with Crippen molar-refractivity contribution < 1.29 is 0 Å². The van der Waals surface area contributed by atoms with Crippen molar-refractivity contribution in [2.24, 2.45) is 0 Å². The summed E-state index contributed by atoms with van der Waals surface area (Å²) in [6, 6.07) is 31.8. The molecule has 1 saturated heterocycles. The van der Waals surface area contributed by atoms with Gasteiger partial charge in [0.1, 0.15) is 5.82 Å². The summed E-state index contributed by atoms with van der Waals surface area (Å²) in [5, 5.41) is 0. The minimum absolute atomic E-state index is 0.229. The van der Waals surface area contributed by atoms with Crippen molar-refractivity contribution >= 4 is 5.82 Å². The lowest BCUT2D eigenvalue weighted by atomic mass is 9.96. The monoisotopic (exact) mass is 484 g/mol. The SMILES string of the molecule is c1ccc(C(c2ccccc2)N2CCN(c3cc(-c4cccnc4)nc(-c4cccnc4)n3)CC2)cc1. The van der Waals surface area contributed by atoms with E-state index in [0.717, 1.165) is 48.8 Å². The molecule has 6 heteroatoms. The lowest BCUT2D eigenvalue weighted by Gasteiger charge is -2.40. The largest absolute Gasteiger partial charge is 0.354 e. The molecule has 4 heterocycles. The molecule has 0 radical (unpaired) electrons. The van der Waals surface area contributed by atoms with Gasteiger partial charge in [-0.3, -0.25) is 14.9 Å². The summed E-state index contributed by atoms with van der Waals surface area (Å²) < 4.78 is 0. The van der Waals surface area contributed by atoms with Gasteiger partial charge in [-0.25, -0.2) is 9.97 Å². The quantitative estimate of drug-likeness (QED) is 0.317. The first-order valence-corrected chi connectivity index (χ1v) is 12.6. The third kappa shape index (κ3) is 5.10. The summed E-state index contributed by atoms with van der Waals surface area (Å²) in [5.74, 6) is 1.61. The van der Waals surface area contributed by atoms with Crippen LogP contribution >= 0.6 is 0 Å². The molecule has 182 valence electrons. The van der Waals surface area contributed by atoms with Crippen LogP contribution in [0.3, 0.4) is 0 Å². The molecule has 0 atom stereocenters. The fourth-order valence-corrected chi connectivity index (χ4v) is 4.98. The van der Waals surface area contributed by atoms with E-state index >= 15 is 0 Å². The molecule has 37 heavy (non-hydrogen) atoms. The van der Waals surface area contributed by atoms with Gasteiger partial charge in [-0.15, -0.1) is 0 Å². The second-order valence-corrected chi connectivity index (χ2v) is 9.17. The van der Waals surface area contributed by atoms with Crippen molar-refractivity contribution in [3.05, 3.63) is 127 Å². The van der Waals surface area contributed by atoms with Crippen molar-refractivity contribution in [3.8, 4) is 22.6 Å². The highest BCUT2D eigenvalue weighted by Crippen LogP contribution is 2.31. The van der Waals surface area contributed by atoms with Gasteiger partial charge in [0, 0.05) is 68.2 Å². The van der Waals surface area contributed by atoms with Gasteiger partial charge in [0.05, 0.1) is 11.7 Å². The van der Waals surface area contributed by atoms with E-state index in [1.807, 2.05) is 36.7 Å². The van der Waals surface area contributed by atoms with Crippen molar-refractivity contribution in [3.63, 3.8) is 0 Å². The zero-order valence-corrected chi connectivity index (χ0v) is 20.6. The Kier molecular flexibility index (Phi) is 6.64. The number of hydrogen-bond acceptors (Lipinski definition) is 6. The predicted octanol–water partition coefficient (Wildman–Crippen LogP) is 5.51. The van der Waals surface area contributed by atoms with Crippen LogP contribution in [0, 0.1) is 0 Å². The van der Waals surface area contributed by atoms with Gasteiger partial charge in [-0.1, -0.05) is 60.7 Å². The Morgan fingerprint density at radius 3 is 1.76 bits per heavy atom. The average molecular weight is 485 g/mol. The van der Waals surface area contributed by atoms with Crippen LogP contribution < -0.4 is 4.90 Å². The summed E-state index contributed by atoms with van der Waals surface area (Å²) in [6.07, 6.45) is 7.21. The Morgan fingerprint density at radius 1 is 0.595 bits per heavy atom. The Bertz CT molecular complexity index is 1320. The molecular weight excluding hydrogens is 456 g/mol. The van der Waals surface area contributed by atoms with Gasteiger partial charge in [0.25, 0.3) is 0 Å². The van der Waals surface area contributed by atoms with Crippen LogP contribution in [0.4, 0.5) is 5.82 Å². The standard InChI is InChI=1S/C31H28N6/c1-3-9-24(10-4-1)30(25-11-5-2-6-12-25)37-19-17-36(18-20-37)29-21-28(26-13-7-15-32-22-26)34-31(35-29)27-14-8-16-33-23-27/h1-16,21-23,30H,17-20H2. The maximum Gasteiger partial charge on any atom is 0.163 e. The van der Waals surface area contributed by atoms with Crippen molar-refractivity contribution in [1.29, 1.82) is 0 Å². The first kappa shape index (κ1) is 23.0. The summed E-state index contributed by atoms with van der Waals surface area (Å²) in [6.45, 7) is 3.63. The summed E-state index contributed by atoms with van der Waals surface area (Å²) in [5.41, 5.74) is 5.39. The molecule has 5 aromatic rings. The third-order valence-corrected chi connectivity index (χ3v) is 6.82. The second kappa shape index (κ2) is 10.7. The van der Waals surface area contributed by atoms with E-state index in [2.05, 4.69) is 86.5 Å². The van der Waals surface area contributed by atoms with E-state index in [1.165, 1.54) is 11.1 Å². The maximum atomic E-state index is 4.97. The lowest BCUT2D eigenvalue weighted by Crippen LogP contribution is -2.48. The molecule has 3 aromatic heterocycles. The van der Waals surface area contributed by atoms with E-state index in [1.54, 1.807) is 12.4 Å². The topological polar surface area (TPSA) is 58.0 Å². The first-order valence-electron chi connectivity index (χ1n) is 12.6. The Labute approximate surface area is 217 Å². The van der Waals surface area contributed by atoms with Crippen molar-refractivity contribution in [2.75, 3.05) is 31.1 Å². The molecule has 0 bridgehead atoms. The molecule has 0 N–H and O–H groups in total. The zero-order chi connectivity index (χ0) is 24.9. The lowest BCUT2D eigenvalue weighted by molar-refractivity contribution is 0.212. The Morgan fingerprint density at radius 2 is 1.19 bits per heavy atom. The van der Waals surface area contributed by atoms with Gasteiger partial charge in [-0.05, 0) is 35.4 Å². The minimum atomic E-state index is 0.229. The summed E-state index contributed by atoms with van der Waals surface area (Å²) >= 11 is 0. The van der Waals surface area contributed by atoms with E-state index in [9.17, 15) is 0 Å². The highest BCUT2D eigenvalue weighted by Gasteiger charge is 2.27. The normalized spacial score (nSPS) is 14.1. The average Bonchev–Trinajstić information content (AvgIpc) is 2.99. The van der Waals surface area contributed by atoms with Crippen LogP contribution in [0.2, 0.25) is 0 Å². The van der Waals surface area contributed by atoms with Crippen LogP contribution in [0.5, 0.6) is 0 Å². The van der Waals surface area contributed by atoms with Gasteiger partial charge in [-0.2, -0.15) is 0 Å². The van der Waals surface area contributed by atoms with Crippen LogP contribution in [0.1, 0.15) is 17.2 Å². The number of anilines is 1. The van der Waals surface area contributed by atoms with Crippen molar-refractivity contribution in [1.82, 2.24) is 24.8 Å². The third-order valence-electron chi connectivity index (χ3n) is 6.82. The molecule has 1 aliphatic rings. The highest BCUT2D eigenvalue weighted by molar-refractivity contribution is 5.67. The molecule has 0 saturated carbocycles. The van der Waals surface area contributed by atoms with Crippen LogP contribution in [-0.4, -0.2) is 51.0 Å². The fraction of sp³-hybridized carbons (Fsp3) is 0.161. The molecule has 0 amide bonds. The minimum Gasteiger partial charge on any atom is -0.354 e. The van der Waals surface area contributed by atoms with Crippen LogP contribution in [0.25, 0.3) is 22.6 Å². The summed E-state index contributed by atoms with van der Waals surface area (Å²) in [4.78, 5) is 23.4. The van der Waals surface area contributed by atoms with Gasteiger partial charge < -0.3 is 4.90 Å². The van der Waals surface area contributed by atoms with E-state index < -0.39 is 0 Å². The predicted molar refractivity (Wildman–Crippen MR) is 147 cm³/mol. The molecule has 1 aliphatic heterocycles. The van der Waals surface area contributed by atoms with Crippen LogP contribution in [0.15, 0.2) is 116 Å². The summed E-state index contributed by atoms with van der Waals surface area (Å²) in [7, 11) is 0. The molecule has 1 fully saturated rings. The smallest absolute Gasteiger partial charge is 0.163 e. The van der Waals surface area contributed by atoms with Gasteiger partial charge in [0.15, 0.2) is 5.82 Å². The Hall–Kier alpha value is -4.42. The number of benzene rings is 2. The second-order valence-electron chi connectivity index (χ2n) is 9.17. The molecule has 6 rings (SSSR count). The molecule has 0 spiro atoms. The van der Waals surface area contributed by atoms with E-state index in [0.29, 0.717) is 5.82 Å². The maximum absolute atomic E-state index is 4.97. The van der Waals surface area contributed by atoms with Crippen molar-refractivity contribution in [2.45, 2.75) is 6.04 Å². The number of rotatable bonds is 6. The van der Waals surface area contributed by atoms with E-state index in [-0.39, 0.29) is 6.04 Å². The van der Waals surface area contributed by atoms with Gasteiger partial charge in [0.2, 0.25) is 0 Å². The zero-order valence-electron chi connectivity index (χ0n) is 20.6. The van der Waals surface area contributed by atoms with E-state index in [4.69, 9.17) is 9.97 Å². The molecule has 0 unspecified atom stereocenters. The Balaban J connectivity index is 1.29. The number of hydrogen-bond donors (Lipinski definition) is 0. The number of pyridine rings is 2. The molecular formula is C31H28N6. The van der Waals surface area contributed by atoms with Crippen LogP contribution in [-0.2, 0) is 0 Å². The van der Waals surface area contributed by atoms with Gasteiger partial charge >= 0.3 is 0 Å².